The van der Waals surface area contributed by atoms with E-state index < -0.39 is 0 Å². The van der Waals surface area contributed by atoms with Crippen LogP contribution in [0.15, 0.2) is 23.2 Å². The van der Waals surface area contributed by atoms with Crippen molar-refractivity contribution >= 4 is 11.6 Å². The van der Waals surface area contributed by atoms with Crippen LogP contribution >= 0.6 is 0 Å². The van der Waals surface area contributed by atoms with Crippen molar-refractivity contribution in [3.05, 3.63) is 29.6 Å². The number of aliphatic imine (C=N–C) groups is 1. The van der Waals surface area contributed by atoms with Crippen LogP contribution < -0.4 is 16.0 Å². The zero-order chi connectivity index (χ0) is 16.7. The Labute approximate surface area is 137 Å². The maximum Gasteiger partial charge on any atom is 0.188 e. The monoisotopic (exact) mass is 322 g/mol. The number of guanidine groups is 1. The van der Waals surface area contributed by atoms with Crippen LogP contribution in [0.1, 0.15) is 38.2 Å². The lowest BCUT2D eigenvalue weighted by Crippen LogP contribution is -2.36. The minimum Gasteiger partial charge on any atom is -0.393 e. The molecule has 1 saturated heterocycles. The predicted octanol–water partition coefficient (Wildman–Crippen LogP) is 1.99. The molecular weight excluding hydrogens is 295 g/mol. The largest absolute Gasteiger partial charge is 0.393 e. The molecule has 0 saturated carbocycles. The van der Waals surface area contributed by atoms with E-state index in [0.717, 1.165) is 24.9 Å². The number of nitrogens with zero attached hydrogens (tertiary/aromatic N) is 2. The number of nitrogens with two attached hydrogens (primary N) is 1. The number of hydrogen-bond donors (Lipinski definition) is 3. The molecule has 0 aliphatic carbocycles. The third-order valence-corrected chi connectivity index (χ3v) is 4.09. The Morgan fingerprint density at radius 3 is 2.83 bits per heavy atom. The van der Waals surface area contributed by atoms with Crippen molar-refractivity contribution < 1.29 is 9.50 Å². The molecule has 5 nitrogen and oxygen atoms in total. The van der Waals surface area contributed by atoms with E-state index in [4.69, 9.17) is 5.73 Å². The molecule has 23 heavy (non-hydrogen) atoms. The molecule has 1 aromatic rings. The van der Waals surface area contributed by atoms with Crippen molar-refractivity contribution in [3.63, 3.8) is 0 Å². The normalized spacial score (nSPS) is 16.7. The molecule has 1 aliphatic heterocycles. The maximum atomic E-state index is 14.3. The number of hydrogen-bond acceptors (Lipinski definition) is 3. The van der Waals surface area contributed by atoms with Gasteiger partial charge in [0.1, 0.15) is 5.82 Å². The molecule has 1 heterocycles. The van der Waals surface area contributed by atoms with E-state index in [-0.39, 0.29) is 11.9 Å². The molecule has 1 aromatic carbocycles. The summed E-state index contributed by atoms with van der Waals surface area (Å²) in [7, 11) is 0. The van der Waals surface area contributed by atoms with Gasteiger partial charge in [-0.05, 0) is 37.0 Å². The number of rotatable bonds is 6. The zero-order valence-corrected chi connectivity index (χ0v) is 13.8. The average Bonchev–Trinajstić information content (AvgIpc) is 2.54. The van der Waals surface area contributed by atoms with Gasteiger partial charge < -0.3 is 21.1 Å². The van der Waals surface area contributed by atoms with Gasteiger partial charge in [0.05, 0.1) is 18.3 Å². The smallest absolute Gasteiger partial charge is 0.188 e. The molecule has 1 aliphatic rings. The zero-order valence-electron chi connectivity index (χ0n) is 13.8. The summed E-state index contributed by atoms with van der Waals surface area (Å²) in [6.07, 6.45) is 3.26. The first-order chi connectivity index (χ1) is 11.1. The number of anilines is 1. The van der Waals surface area contributed by atoms with Crippen LogP contribution in [0.2, 0.25) is 0 Å². The molecule has 4 N–H and O–H groups in total. The van der Waals surface area contributed by atoms with Gasteiger partial charge in [0.25, 0.3) is 0 Å². The van der Waals surface area contributed by atoms with E-state index in [0.29, 0.717) is 44.1 Å². The molecule has 0 radical (unpaired) electrons. The molecule has 1 fully saturated rings. The summed E-state index contributed by atoms with van der Waals surface area (Å²) in [6, 6.07) is 5.19. The molecule has 0 amide bonds. The third kappa shape index (κ3) is 5.39. The van der Waals surface area contributed by atoms with Crippen LogP contribution in [0.25, 0.3) is 0 Å². The van der Waals surface area contributed by atoms with Crippen molar-refractivity contribution in [3.8, 4) is 0 Å². The Balaban J connectivity index is 1.92. The van der Waals surface area contributed by atoms with E-state index >= 15 is 0 Å². The van der Waals surface area contributed by atoms with Gasteiger partial charge in [-0.3, -0.25) is 0 Å². The first kappa shape index (κ1) is 17.5. The van der Waals surface area contributed by atoms with Gasteiger partial charge in [0.15, 0.2) is 5.96 Å². The van der Waals surface area contributed by atoms with Gasteiger partial charge in [0, 0.05) is 19.6 Å². The van der Waals surface area contributed by atoms with Crippen LogP contribution in [0, 0.1) is 5.82 Å². The number of unbranched alkanes of at least 4 members (excludes halogenated alkanes) is 1. The summed E-state index contributed by atoms with van der Waals surface area (Å²) in [5, 5.41) is 12.6. The van der Waals surface area contributed by atoms with Gasteiger partial charge in [-0.15, -0.1) is 0 Å². The van der Waals surface area contributed by atoms with Gasteiger partial charge in [0.2, 0.25) is 0 Å². The molecule has 2 rings (SSSR count). The number of halogens is 1. The number of nitrogens with one attached hydrogen (secondary N) is 1. The summed E-state index contributed by atoms with van der Waals surface area (Å²) in [4.78, 5) is 6.21. The van der Waals surface area contributed by atoms with Crippen LogP contribution in [-0.4, -0.2) is 36.8 Å². The van der Waals surface area contributed by atoms with Gasteiger partial charge >= 0.3 is 0 Å². The molecule has 0 aromatic heterocycles. The Morgan fingerprint density at radius 2 is 2.17 bits per heavy atom. The fraction of sp³-hybridized carbons (Fsp3) is 0.588. The van der Waals surface area contributed by atoms with Gasteiger partial charge in [-0.1, -0.05) is 19.4 Å². The van der Waals surface area contributed by atoms with E-state index in [1.54, 1.807) is 6.07 Å². The second-order valence-corrected chi connectivity index (χ2v) is 5.99. The standard InChI is InChI=1S/C17H27FN4O/c1-2-3-8-20-17(19)21-12-13-4-5-16(15(18)11-13)22-9-6-14(23)7-10-22/h4-5,11,14,23H,2-3,6-10,12H2,1H3,(H3,19,20,21). The maximum absolute atomic E-state index is 14.3. The van der Waals surface area contributed by atoms with Gasteiger partial charge in [-0.25, -0.2) is 9.38 Å². The van der Waals surface area contributed by atoms with E-state index in [1.165, 1.54) is 6.07 Å². The van der Waals surface area contributed by atoms with Crippen molar-refractivity contribution in [1.82, 2.24) is 5.32 Å². The van der Waals surface area contributed by atoms with Crippen LogP contribution in [-0.2, 0) is 6.54 Å². The molecule has 0 atom stereocenters. The van der Waals surface area contributed by atoms with Gasteiger partial charge in [-0.2, -0.15) is 0 Å². The number of aliphatic hydroxyl groups is 1. The fourth-order valence-electron chi connectivity index (χ4n) is 2.64. The number of piperidine rings is 1. The summed E-state index contributed by atoms with van der Waals surface area (Å²) in [5.74, 6) is 0.152. The van der Waals surface area contributed by atoms with E-state index in [9.17, 15) is 9.50 Å². The lowest BCUT2D eigenvalue weighted by molar-refractivity contribution is 0.145. The third-order valence-electron chi connectivity index (χ3n) is 4.09. The first-order valence-electron chi connectivity index (χ1n) is 8.35. The summed E-state index contributed by atoms with van der Waals surface area (Å²) in [6.45, 7) is 4.65. The quantitative estimate of drug-likeness (QED) is 0.425. The Hall–Kier alpha value is -1.82. The molecule has 0 unspecified atom stereocenters. The fourth-order valence-corrected chi connectivity index (χ4v) is 2.64. The molecular formula is C17H27FN4O. The van der Waals surface area contributed by atoms with Crippen LogP contribution in [0.4, 0.5) is 10.1 Å². The highest BCUT2D eigenvalue weighted by atomic mass is 19.1. The predicted molar refractivity (Wildman–Crippen MR) is 92.1 cm³/mol. The average molecular weight is 322 g/mol. The van der Waals surface area contributed by atoms with Crippen LogP contribution in [0.3, 0.4) is 0 Å². The highest BCUT2D eigenvalue weighted by molar-refractivity contribution is 5.77. The second kappa shape index (κ2) is 8.72. The SMILES string of the molecule is CCCCNC(N)=NCc1ccc(N2CCC(O)CC2)c(F)c1. The Bertz CT molecular complexity index is 527. The number of aliphatic hydroxyl groups excluding tert-OH is 1. The Morgan fingerprint density at radius 1 is 1.43 bits per heavy atom. The number of benzene rings is 1. The van der Waals surface area contributed by atoms with E-state index in [2.05, 4.69) is 17.2 Å². The molecule has 0 spiro atoms. The molecule has 128 valence electrons. The lowest BCUT2D eigenvalue weighted by Gasteiger charge is -2.31. The first-order valence-corrected chi connectivity index (χ1v) is 8.35. The second-order valence-electron chi connectivity index (χ2n) is 5.99. The van der Waals surface area contributed by atoms with Crippen molar-refractivity contribution in [2.75, 3.05) is 24.5 Å². The minimum atomic E-state index is -0.258. The topological polar surface area (TPSA) is 73.9 Å². The summed E-state index contributed by atoms with van der Waals surface area (Å²) in [5.41, 5.74) is 7.16. The highest BCUT2D eigenvalue weighted by Gasteiger charge is 2.19. The van der Waals surface area contributed by atoms with E-state index in [1.807, 2.05) is 11.0 Å². The van der Waals surface area contributed by atoms with Crippen molar-refractivity contribution in [2.24, 2.45) is 10.7 Å². The Kier molecular flexibility index (Phi) is 6.65. The van der Waals surface area contributed by atoms with Crippen molar-refractivity contribution in [1.29, 1.82) is 0 Å². The van der Waals surface area contributed by atoms with Crippen molar-refractivity contribution in [2.45, 2.75) is 45.3 Å². The highest BCUT2D eigenvalue weighted by Crippen LogP contribution is 2.24. The molecule has 0 bridgehead atoms. The minimum absolute atomic E-state index is 0.244. The summed E-state index contributed by atoms with van der Waals surface area (Å²) >= 11 is 0. The molecule has 6 heteroatoms. The lowest BCUT2D eigenvalue weighted by atomic mass is 10.1. The summed E-state index contributed by atoms with van der Waals surface area (Å²) < 4.78 is 14.3. The van der Waals surface area contributed by atoms with Crippen LogP contribution in [0.5, 0.6) is 0 Å².